The van der Waals surface area contributed by atoms with Crippen LogP contribution in [0.15, 0.2) is 53.5 Å². The summed E-state index contributed by atoms with van der Waals surface area (Å²) in [6.45, 7) is 11.9. The van der Waals surface area contributed by atoms with E-state index in [1.54, 1.807) is 0 Å². The number of hydrogen-bond donors (Lipinski definition) is 2. The van der Waals surface area contributed by atoms with Gasteiger partial charge in [-0.15, -0.1) is 0 Å². The molecular weight excluding hydrogens is 402 g/mol. The van der Waals surface area contributed by atoms with Gasteiger partial charge in [0.1, 0.15) is 5.75 Å². The molecule has 2 N–H and O–H groups in total. The first-order chi connectivity index (χ1) is 15.6. The second-order valence-electron chi connectivity index (χ2n) is 7.87. The lowest BCUT2D eigenvalue weighted by Gasteiger charge is -2.37. The van der Waals surface area contributed by atoms with Crippen LogP contribution in [-0.2, 0) is 11.3 Å². The van der Waals surface area contributed by atoms with E-state index >= 15 is 0 Å². The first kappa shape index (κ1) is 23.4. The maximum absolute atomic E-state index is 11.6. The summed E-state index contributed by atoms with van der Waals surface area (Å²) in [5, 5.41) is 6.16. The average molecular weight is 438 g/mol. The van der Waals surface area contributed by atoms with E-state index in [9.17, 15) is 4.79 Å². The van der Waals surface area contributed by atoms with E-state index in [0.29, 0.717) is 18.8 Å². The van der Waals surface area contributed by atoms with E-state index in [2.05, 4.69) is 58.5 Å². The zero-order valence-electron chi connectivity index (χ0n) is 19.4. The predicted octanol–water partition coefficient (Wildman–Crippen LogP) is 2.80. The standard InChI is InChI=1S/C25H35N5O2/c1-4-26-24(31)19-32-23-11-7-9-21(17-23)18-28-25(27-5-2)30-14-12-29(13-15-30)22-10-6-8-20(3)16-22/h6-11,16-17H,4-5,12-15,18-19H2,1-3H3,(H,26,31)(H,27,28). The van der Waals surface area contributed by atoms with Gasteiger partial charge in [-0.2, -0.15) is 0 Å². The number of amides is 1. The van der Waals surface area contributed by atoms with Crippen molar-refractivity contribution >= 4 is 17.6 Å². The summed E-state index contributed by atoms with van der Waals surface area (Å²) in [6, 6.07) is 16.5. The molecule has 0 atom stereocenters. The number of benzene rings is 2. The van der Waals surface area contributed by atoms with Gasteiger partial charge in [0.2, 0.25) is 0 Å². The zero-order chi connectivity index (χ0) is 22.8. The molecule has 1 saturated heterocycles. The van der Waals surface area contributed by atoms with E-state index in [1.807, 2.05) is 31.2 Å². The van der Waals surface area contributed by atoms with Gasteiger partial charge in [-0.25, -0.2) is 4.99 Å². The van der Waals surface area contributed by atoms with Crippen molar-refractivity contribution in [2.24, 2.45) is 4.99 Å². The minimum Gasteiger partial charge on any atom is -0.484 e. The number of aliphatic imine (C=N–C) groups is 1. The summed E-state index contributed by atoms with van der Waals surface area (Å²) in [4.78, 5) is 21.2. The number of ether oxygens (including phenoxy) is 1. The molecule has 32 heavy (non-hydrogen) atoms. The highest BCUT2D eigenvalue weighted by Crippen LogP contribution is 2.18. The highest BCUT2D eigenvalue weighted by atomic mass is 16.5. The SMILES string of the molecule is CCNC(=O)COc1cccc(CN=C(NCC)N2CCN(c3cccc(C)c3)CC2)c1. The van der Waals surface area contributed by atoms with Crippen LogP contribution in [0, 0.1) is 6.92 Å². The number of nitrogens with zero attached hydrogens (tertiary/aromatic N) is 3. The van der Waals surface area contributed by atoms with Gasteiger partial charge in [0.25, 0.3) is 5.91 Å². The Morgan fingerprint density at radius 3 is 2.47 bits per heavy atom. The number of anilines is 1. The molecule has 1 aliphatic rings. The molecule has 0 bridgehead atoms. The normalized spacial score (nSPS) is 14.3. The van der Waals surface area contributed by atoms with Crippen molar-refractivity contribution < 1.29 is 9.53 Å². The molecule has 2 aromatic rings. The first-order valence-electron chi connectivity index (χ1n) is 11.4. The minimum atomic E-state index is -0.116. The van der Waals surface area contributed by atoms with Crippen molar-refractivity contribution in [1.82, 2.24) is 15.5 Å². The number of carbonyl (C=O) groups is 1. The fourth-order valence-corrected chi connectivity index (χ4v) is 3.72. The Kier molecular flexibility index (Phi) is 8.78. The number of likely N-dealkylation sites (N-methyl/N-ethyl adjacent to an activating group) is 1. The van der Waals surface area contributed by atoms with Crippen LogP contribution in [0.3, 0.4) is 0 Å². The number of guanidine groups is 1. The maximum atomic E-state index is 11.6. The lowest BCUT2D eigenvalue weighted by Crippen LogP contribution is -2.52. The van der Waals surface area contributed by atoms with E-state index in [1.165, 1.54) is 11.3 Å². The number of aryl methyl sites for hydroxylation is 1. The summed E-state index contributed by atoms with van der Waals surface area (Å²) >= 11 is 0. The quantitative estimate of drug-likeness (QED) is 0.491. The fourth-order valence-electron chi connectivity index (χ4n) is 3.72. The summed E-state index contributed by atoms with van der Waals surface area (Å²) < 4.78 is 5.60. The third kappa shape index (κ3) is 6.90. The van der Waals surface area contributed by atoms with Gasteiger partial charge in [0.15, 0.2) is 12.6 Å². The maximum Gasteiger partial charge on any atom is 0.257 e. The molecule has 1 heterocycles. The van der Waals surface area contributed by atoms with E-state index < -0.39 is 0 Å². The Morgan fingerprint density at radius 2 is 1.75 bits per heavy atom. The van der Waals surface area contributed by atoms with Crippen molar-refractivity contribution in [1.29, 1.82) is 0 Å². The van der Waals surface area contributed by atoms with Crippen molar-refractivity contribution in [2.75, 3.05) is 50.8 Å². The molecule has 7 nitrogen and oxygen atoms in total. The monoisotopic (exact) mass is 437 g/mol. The van der Waals surface area contributed by atoms with Gasteiger partial charge in [-0.3, -0.25) is 4.79 Å². The van der Waals surface area contributed by atoms with Crippen molar-refractivity contribution in [3.05, 3.63) is 59.7 Å². The molecule has 0 radical (unpaired) electrons. The van der Waals surface area contributed by atoms with E-state index in [0.717, 1.165) is 44.2 Å². The Balaban J connectivity index is 1.58. The van der Waals surface area contributed by atoms with Gasteiger partial charge in [-0.1, -0.05) is 24.3 Å². The summed E-state index contributed by atoms with van der Waals surface area (Å²) in [5.74, 6) is 1.50. The molecular formula is C25H35N5O2. The number of nitrogens with one attached hydrogen (secondary N) is 2. The number of hydrogen-bond acceptors (Lipinski definition) is 4. The Labute approximate surface area is 191 Å². The Morgan fingerprint density at radius 1 is 1.00 bits per heavy atom. The molecule has 0 unspecified atom stereocenters. The fraction of sp³-hybridized carbons (Fsp3) is 0.440. The van der Waals surface area contributed by atoms with Crippen LogP contribution in [0.25, 0.3) is 0 Å². The molecule has 1 fully saturated rings. The highest BCUT2D eigenvalue weighted by molar-refractivity contribution is 5.80. The predicted molar refractivity (Wildman–Crippen MR) is 130 cm³/mol. The summed E-state index contributed by atoms with van der Waals surface area (Å²) in [6.07, 6.45) is 0. The van der Waals surface area contributed by atoms with Gasteiger partial charge in [0, 0.05) is 45.0 Å². The smallest absolute Gasteiger partial charge is 0.257 e. The molecule has 0 aliphatic carbocycles. The van der Waals surface area contributed by atoms with Crippen LogP contribution in [0.1, 0.15) is 25.0 Å². The molecule has 0 aromatic heterocycles. The molecule has 1 amide bonds. The van der Waals surface area contributed by atoms with Crippen LogP contribution in [-0.4, -0.2) is 62.6 Å². The highest BCUT2D eigenvalue weighted by Gasteiger charge is 2.20. The van der Waals surface area contributed by atoms with Crippen molar-refractivity contribution in [3.63, 3.8) is 0 Å². The van der Waals surface area contributed by atoms with Gasteiger partial charge < -0.3 is 25.2 Å². The topological polar surface area (TPSA) is 69.2 Å². The third-order valence-electron chi connectivity index (χ3n) is 5.33. The molecule has 3 rings (SSSR count). The molecule has 7 heteroatoms. The largest absolute Gasteiger partial charge is 0.484 e. The van der Waals surface area contributed by atoms with Gasteiger partial charge in [0.05, 0.1) is 6.54 Å². The van der Waals surface area contributed by atoms with E-state index in [-0.39, 0.29) is 12.5 Å². The number of rotatable bonds is 8. The van der Waals surface area contributed by atoms with Crippen molar-refractivity contribution in [2.45, 2.75) is 27.3 Å². The van der Waals surface area contributed by atoms with Crippen LogP contribution >= 0.6 is 0 Å². The van der Waals surface area contributed by atoms with E-state index in [4.69, 9.17) is 9.73 Å². The summed E-state index contributed by atoms with van der Waals surface area (Å²) in [7, 11) is 0. The second-order valence-corrected chi connectivity index (χ2v) is 7.87. The minimum absolute atomic E-state index is 0.0222. The van der Waals surface area contributed by atoms with Crippen LogP contribution in [0.4, 0.5) is 5.69 Å². The third-order valence-corrected chi connectivity index (χ3v) is 5.33. The molecule has 2 aromatic carbocycles. The molecule has 0 saturated carbocycles. The van der Waals surface area contributed by atoms with Crippen LogP contribution < -0.4 is 20.3 Å². The van der Waals surface area contributed by atoms with Gasteiger partial charge in [-0.05, 0) is 56.2 Å². The first-order valence-corrected chi connectivity index (χ1v) is 11.4. The second kappa shape index (κ2) is 12.0. The van der Waals surface area contributed by atoms with Crippen molar-refractivity contribution in [3.8, 4) is 5.75 Å². The molecule has 1 aliphatic heterocycles. The Bertz CT molecular complexity index is 907. The number of carbonyl (C=O) groups excluding carboxylic acids is 1. The molecule has 0 spiro atoms. The zero-order valence-corrected chi connectivity index (χ0v) is 19.4. The molecule has 172 valence electrons. The number of piperazine rings is 1. The van der Waals surface area contributed by atoms with Crippen LogP contribution in [0.2, 0.25) is 0 Å². The average Bonchev–Trinajstić information content (AvgIpc) is 2.81. The van der Waals surface area contributed by atoms with Crippen LogP contribution in [0.5, 0.6) is 5.75 Å². The Hall–Kier alpha value is -3.22. The van der Waals surface area contributed by atoms with Gasteiger partial charge >= 0.3 is 0 Å². The lowest BCUT2D eigenvalue weighted by atomic mass is 10.2. The lowest BCUT2D eigenvalue weighted by molar-refractivity contribution is -0.122. The summed E-state index contributed by atoms with van der Waals surface area (Å²) in [5.41, 5.74) is 3.63.